The molecule has 1 aromatic carbocycles. The van der Waals surface area contributed by atoms with E-state index in [1.54, 1.807) is 6.92 Å². The maximum atomic E-state index is 11.8. The van der Waals surface area contributed by atoms with E-state index in [4.69, 9.17) is 10.5 Å². The number of unbranched alkanes of at least 4 members (excludes halogenated alkanes) is 1. The predicted molar refractivity (Wildman–Crippen MR) is 80.3 cm³/mol. The van der Waals surface area contributed by atoms with Crippen molar-refractivity contribution in [1.29, 1.82) is 0 Å². The van der Waals surface area contributed by atoms with Gasteiger partial charge in [0.1, 0.15) is 5.75 Å². The van der Waals surface area contributed by atoms with Gasteiger partial charge in [-0.05, 0) is 66.9 Å². The second-order valence-corrected chi connectivity index (χ2v) is 5.34. The van der Waals surface area contributed by atoms with Crippen molar-refractivity contribution >= 4 is 21.8 Å². The van der Waals surface area contributed by atoms with Gasteiger partial charge in [0, 0.05) is 6.54 Å². The minimum atomic E-state index is -0.517. The first-order valence-corrected chi connectivity index (χ1v) is 7.24. The SMILES string of the molecule is Cc1ccc(OC(C)C(=O)NCCCCN)c(Br)c1. The molecule has 5 heteroatoms. The van der Waals surface area contributed by atoms with Crippen LogP contribution in [0.5, 0.6) is 5.75 Å². The molecule has 0 aliphatic carbocycles. The Hall–Kier alpha value is -1.07. The molecule has 0 spiro atoms. The number of rotatable bonds is 7. The monoisotopic (exact) mass is 328 g/mol. The van der Waals surface area contributed by atoms with Gasteiger partial charge in [-0.3, -0.25) is 4.79 Å². The highest BCUT2D eigenvalue weighted by Crippen LogP contribution is 2.26. The molecule has 106 valence electrons. The van der Waals surface area contributed by atoms with E-state index in [0.29, 0.717) is 18.8 Å². The molecule has 4 nitrogen and oxygen atoms in total. The highest BCUT2D eigenvalue weighted by Gasteiger charge is 2.15. The van der Waals surface area contributed by atoms with Crippen LogP contribution >= 0.6 is 15.9 Å². The summed E-state index contributed by atoms with van der Waals surface area (Å²) < 4.78 is 6.49. The lowest BCUT2D eigenvalue weighted by atomic mass is 10.2. The summed E-state index contributed by atoms with van der Waals surface area (Å²) in [4.78, 5) is 11.8. The molecule has 1 atom stereocenters. The maximum absolute atomic E-state index is 11.8. The zero-order chi connectivity index (χ0) is 14.3. The van der Waals surface area contributed by atoms with Crippen LogP contribution in [-0.2, 0) is 4.79 Å². The molecule has 3 N–H and O–H groups in total. The number of hydrogen-bond donors (Lipinski definition) is 2. The van der Waals surface area contributed by atoms with Crippen molar-refractivity contribution < 1.29 is 9.53 Å². The first-order valence-electron chi connectivity index (χ1n) is 6.45. The Bertz CT molecular complexity index is 424. The number of benzene rings is 1. The molecule has 0 aliphatic rings. The van der Waals surface area contributed by atoms with E-state index in [2.05, 4.69) is 21.2 Å². The molecule has 0 bridgehead atoms. The summed E-state index contributed by atoms with van der Waals surface area (Å²) in [6.45, 7) is 5.03. The Morgan fingerprint density at radius 3 is 2.84 bits per heavy atom. The summed E-state index contributed by atoms with van der Waals surface area (Å²) in [5.74, 6) is 0.569. The van der Waals surface area contributed by atoms with Crippen LogP contribution in [0.25, 0.3) is 0 Å². The van der Waals surface area contributed by atoms with Crippen molar-refractivity contribution in [2.45, 2.75) is 32.8 Å². The normalized spacial score (nSPS) is 12.0. The molecule has 0 fully saturated rings. The summed E-state index contributed by atoms with van der Waals surface area (Å²) in [6.07, 6.45) is 1.29. The third-order valence-electron chi connectivity index (χ3n) is 2.69. The van der Waals surface area contributed by atoms with Gasteiger partial charge in [-0.15, -0.1) is 0 Å². The van der Waals surface area contributed by atoms with Crippen LogP contribution in [0, 0.1) is 6.92 Å². The lowest BCUT2D eigenvalue weighted by Gasteiger charge is -2.16. The minimum Gasteiger partial charge on any atom is -0.480 e. The highest BCUT2D eigenvalue weighted by atomic mass is 79.9. The molecule has 0 heterocycles. The average molecular weight is 329 g/mol. The van der Waals surface area contributed by atoms with Crippen molar-refractivity contribution in [3.05, 3.63) is 28.2 Å². The van der Waals surface area contributed by atoms with E-state index in [9.17, 15) is 4.79 Å². The molecule has 0 saturated heterocycles. The second kappa shape index (κ2) is 8.17. The van der Waals surface area contributed by atoms with Crippen LogP contribution < -0.4 is 15.8 Å². The van der Waals surface area contributed by atoms with Crippen LogP contribution in [0.4, 0.5) is 0 Å². The van der Waals surface area contributed by atoms with Gasteiger partial charge in [0.15, 0.2) is 6.10 Å². The average Bonchev–Trinajstić information content (AvgIpc) is 2.37. The van der Waals surface area contributed by atoms with Gasteiger partial charge in [0.25, 0.3) is 5.91 Å². The second-order valence-electron chi connectivity index (χ2n) is 4.48. The number of carbonyl (C=O) groups is 1. The smallest absolute Gasteiger partial charge is 0.260 e. The first-order chi connectivity index (χ1) is 9.04. The Kier molecular flexibility index (Phi) is 6.87. The van der Waals surface area contributed by atoms with Crippen LogP contribution in [0.3, 0.4) is 0 Å². The van der Waals surface area contributed by atoms with Crippen LogP contribution in [-0.4, -0.2) is 25.1 Å². The van der Waals surface area contributed by atoms with Gasteiger partial charge in [-0.1, -0.05) is 6.07 Å². The van der Waals surface area contributed by atoms with Crippen LogP contribution in [0.1, 0.15) is 25.3 Å². The number of halogens is 1. The van der Waals surface area contributed by atoms with Gasteiger partial charge >= 0.3 is 0 Å². The van der Waals surface area contributed by atoms with E-state index in [1.165, 1.54) is 0 Å². The molecular weight excluding hydrogens is 308 g/mol. The number of carbonyl (C=O) groups excluding carboxylic acids is 1. The summed E-state index contributed by atoms with van der Waals surface area (Å²) in [5, 5.41) is 2.83. The van der Waals surface area contributed by atoms with Crippen molar-refractivity contribution in [2.24, 2.45) is 5.73 Å². The molecule has 1 unspecified atom stereocenters. The quantitative estimate of drug-likeness (QED) is 0.755. The Labute approximate surface area is 122 Å². The van der Waals surface area contributed by atoms with Gasteiger partial charge in [-0.25, -0.2) is 0 Å². The lowest BCUT2D eigenvalue weighted by Crippen LogP contribution is -2.37. The minimum absolute atomic E-state index is 0.107. The van der Waals surface area contributed by atoms with Gasteiger partial charge in [0.2, 0.25) is 0 Å². The van der Waals surface area contributed by atoms with Crippen molar-refractivity contribution in [1.82, 2.24) is 5.32 Å². The number of aryl methyl sites for hydroxylation is 1. The van der Waals surface area contributed by atoms with E-state index in [0.717, 1.165) is 22.9 Å². The number of nitrogens with two attached hydrogens (primary N) is 1. The summed E-state index contributed by atoms with van der Waals surface area (Å²) in [7, 11) is 0. The third kappa shape index (κ3) is 5.61. The standard InChI is InChI=1S/C14H21BrN2O2/c1-10-5-6-13(12(15)9-10)19-11(2)14(18)17-8-4-3-7-16/h5-6,9,11H,3-4,7-8,16H2,1-2H3,(H,17,18). The number of ether oxygens (including phenoxy) is 1. The predicted octanol–water partition coefficient (Wildman–Crippen LogP) is 2.38. The van der Waals surface area contributed by atoms with E-state index < -0.39 is 6.10 Å². The Morgan fingerprint density at radius 2 is 2.21 bits per heavy atom. The van der Waals surface area contributed by atoms with Crippen molar-refractivity contribution in [2.75, 3.05) is 13.1 Å². The maximum Gasteiger partial charge on any atom is 0.260 e. The summed E-state index contributed by atoms with van der Waals surface area (Å²) in [5.41, 5.74) is 6.53. The fraction of sp³-hybridized carbons (Fsp3) is 0.500. The zero-order valence-corrected chi connectivity index (χ0v) is 13.0. The molecule has 0 radical (unpaired) electrons. The topological polar surface area (TPSA) is 64.3 Å². The molecule has 1 amide bonds. The van der Waals surface area contributed by atoms with Crippen LogP contribution in [0.15, 0.2) is 22.7 Å². The van der Waals surface area contributed by atoms with Gasteiger partial charge < -0.3 is 15.8 Å². The molecule has 19 heavy (non-hydrogen) atoms. The number of nitrogens with one attached hydrogen (secondary N) is 1. The Balaban J connectivity index is 2.45. The fourth-order valence-electron chi connectivity index (χ4n) is 1.57. The molecule has 1 aromatic rings. The zero-order valence-electron chi connectivity index (χ0n) is 11.4. The first kappa shape index (κ1) is 16.0. The van der Waals surface area contributed by atoms with Gasteiger partial charge in [0.05, 0.1) is 4.47 Å². The summed E-state index contributed by atoms with van der Waals surface area (Å²) >= 11 is 3.43. The van der Waals surface area contributed by atoms with Gasteiger partial charge in [-0.2, -0.15) is 0 Å². The van der Waals surface area contributed by atoms with E-state index in [-0.39, 0.29) is 5.91 Å². The fourth-order valence-corrected chi connectivity index (χ4v) is 2.16. The molecule has 0 saturated carbocycles. The van der Waals surface area contributed by atoms with E-state index in [1.807, 2.05) is 25.1 Å². The highest BCUT2D eigenvalue weighted by molar-refractivity contribution is 9.10. The number of hydrogen-bond acceptors (Lipinski definition) is 3. The largest absolute Gasteiger partial charge is 0.480 e. The Morgan fingerprint density at radius 1 is 1.47 bits per heavy atom. The molecule has 1 rings (SSSR count). The lowest BCUT2D eigenvalue weighted by molar-refractivity contribution is -0.127. The molecular formula is C14H21BrN2O2. The van der Waals surface area contributed by atoms with Crippen LogP contribution in [0.2, 0.25) is 0 Å². The van der Waals surface area contributed by atoms with Crippen molar-refractivity contribution in [3.8, 4) is 5.75 Å². The molecule has 0 aliphatic heterocycles. The summed E-state index contributed by atoms with van der Waals surface area (Å²) in [6, 6.07) is 5.77. The molecule has 0 aromatic heterocycles. The van der Waals surface area contributed by atoms with E-state index >= 15 is 0 Å². The van der Waals surface area contributed by atoms with Crippen molar-refractivity contribution in [3.63, 3.8) is 0 Å². The third-order valence-corrected chi connectivity index (χ3v) is 3.31. The number of amides is 1.